The lowest BCUT2D eigenvalue weighted by atomic mass is 10.2. The van der Waals surface area contributed by atoms with E-state index in [9.17, 15) is 0 Å². The summed E-state index contributed by atoms with van der Waals surface area (Å²) in [5.41, 5.74) is 1.21. The first kappa shape index (κ1) is 16.1. The standard InChI is InChI=1S/C16H26N2O3/c1-3-21-15-5-4-14(12-16(15)19-2)13-17-6-7-18-8-10-20-11-9-18/h4-5,12,17H,3,6-11,13H2,1-2H3. The second-order valence-electron chi connectivity index (χ2n) is 5.05. The molecule has 0 aliphatic carbocycles. The summed E-state index contributed by atoms with van der Waals surface area (Å²) in [5.74, 6) is 1.60. The molecule has 1 N–H and O–H groups in total. The van der Waals surface area contributed by atoms with Crippen molar-refractivity contribution in [1.29, 1.82) is 0 Å². The molecule has 5 nitrogen and oxygen atoms in total. The molecule has 0 unspecified atom stereocenters. The molecule has 0 bridgehead atoms. The predicted octanol–water partition coefficient (Wildman–Crippen LogP) is 1.52. The summed E-state index contributed by atoms with van der Waals surface area (Å²) in [7, 11) is 1.67. The average Bonchev–Trinajstić information content (AvgIpc) is 2.54. The Balaban J connectivity index is 1.74. The minimum Gasteiger partial charge on any atom is -0.493 e. The molecule has 1 heterocycles. The SMILES string of the molecule is CCOc1ccc(CNCCN2CCOCC2)cc1OC. The Labute approximate surface area is 127 Å². The zero-order chi connectivity index (χ0) is 14.9. The maximum absolute atomic E-state index is 5.52. The zero-order valence-corrected chi connectivity index (χ0v) is 13.1. The summed E-state index contributed by atoms with van der Waals surface area (Å²) >= 11 is 0. The largest absolute Gasteiger partial charge is 0.493 e. The lowest BCUT2D eigenvalue weighted by Crippen LogP contribution is -2.40. The number of nitrogens with one attached hydrogen (secondary N) is 1. The molecule has 0 saturated carbocycles. The van der Waals surface area contributed by atoms with E-state index in [2.05, 4.69) is 16.3 Å². The van der Waals surface area contributed by atoms with Crippen LogP contribution in [0.2, 0.25) is 0 Å². The van der Waals surface area contributed by atoms with Gasteiger partial charge >= 0.3 is 0 Å². The molecule has 1 fully saturated rings. The van der Waals surface area contributed by atoms with Gasteiger partial charge in [0.15, 0.2) is 11.5 Å². The normalized spacial score (nSPS) is 15.9. The first-order valence-corrected chi connectivity index (χ1v) is 7.64. The zero-order valence-electron chi connectivity index (χ0n) is 13.1. The molecule has 1 saturated heterocycles. The highest BCUT2D eigenvalue weighted by atomic mass is 16.5. The molecule has 0 amide bonds. The third-order valence-corrected chi connectivity index (χ3v) is 3.57. The number of benzene rings is 1. The Kier molecular flexibility index (Phi) is 6.79. The number of hydrogen-bond donors (Lipinski definition) is 1. The van der Waals surface area contributed by atoms with Crippen LogP contribution in [0.15, 0.2) is 18.2 Å². The van der Waals surface area contributed by atoms with E-state index in [-0.39, 0.29) is 0 Å². The molecule has 0 radical (unpaired) electrons. The number of ether oxygens (including phenoxy) is 3. The van der Waals surface area contributed by atoms with Crippen molar-refractivity contribution >= 4 is 0 Å². The smallest absolute Gasteiger partial charge is 0.161 e. The number of methoxy groups -OCH3 is 1. The minimum absolute atomic E-state index is 0.646. The van der Waals surface area contributed by atoms with Crippen molar-refractivity contribution in [3.63, 3.8) is 0 Å². The lowest BCUT2D eigenvalue weighted by molar-refractivity contribution is 0.0384. The number of nitrogens with zero attached hydrogens (tertiary/aromatic N) is 1. The van der Waals surface area contributed by atoms with Gasteiger partial charge in [0.2, 0.25) is 0 Å². The van der Waals surface area contributed by atoms with Crippen molar-refractivity contribution in [2.24, 2.45) is 0 Å². The molecule has 0 aromatic heterocycles. The maximum atomic E-state index is 5.52. The molecular formula is C16H26N2O3. The van der Waals surface area contributed by atoms with Crippen LogP contribution in [0.4, 0.5) is 0 Å². The molecule has 2 rings (SSSR count). The fourth-order valence-corrected chi connectivity index (χ4v) is 2.39. The summed E-state index contributed by atoms with van der Waals surface area (Å²) < 4.78 is 16.2. The van der Waals surface area contributed by atoms with Gasteiger partial charge in [-0.15, -0.1) is 0 Å². The van der Waals surface area contributed by atoms with E-state index in [1.807, 2.05) is 19.1 Å². The van der Waals surface area contributed by atoms with Crippen LogP contribution >= 0.6 is 0 Å². The fraction of sp³-hybridized carbons (Fsp3) is 0.625. The van der Waals surface area contributed by atoms with Gasteiger partial charge < -0.3 is 19.5 Å². The van der Waals surface area contributed by atoms with Crippen molar-refractivity contribution in [1.82, 2.24) is 10.2 Å². The molecule has 118 valence electrons. The van der Waals surface area contributed by atoms with Crippen molar-refractivity contribution in [2.45, 2.75) is 13.5 Å². The van der Waals surface area contributed by atoms with Gasteiger partial charge in [0.05, 0.1) is 26.9 Å². The first-order chi connectivity index (χ1) is 10.3. The van der Waals surface area contributed by atoms with Crippen LogP contribution < -0.4 is 14.8 Å². The maximum Gasteiger partial charge on any atom is 0.161 e. The van der Waals surface area contributed by atoms with E-state index in [0.29, 0.717) is 6.61 Å². The van der Waals surface area contributed by atoms with Crippen LogP contribution in [0.5, 0.6) is 11.5 Å². The lowest BCUT2D eigenvalue weighted by Gasteiger charge is -2.26. The van der Waals surface area contributed by atoms with Gasteiger partial charge in [-0.25, -0.2) is 0 Å². The third kappa shape index (κ3) is 5.19. The Morgan fingerprint density at radius 3 is 2.76 bits per heavy atom. The second-order valence-corrected chi connectivity index (χ2v) is 5.05. The van der Waals surface area contributed by atoms with E-state index >= 15 is 0 Å². The van der Waals surface area contributed by atoms with Crippen LogP contribution in [-0.4, -0.2) is 58.0 Å². The van der Waals surface area contributed by atoms with E-state index in [1.165, 1.54) is 5.56 Å². The van der Waals surface area contributed by atoms with Gasteiger partial charge in [0, 0.05) is 32.7 Å². The molecule has 1 aromatic rings. The van der Waals surface area contributed by atoms with Crippen molar-refractivity contribution in [3.8, 4) is 11.5 Å². The quantitative estimate of drug-likeness (QED) is 0.736. The second kappa shape index (κ2) is 8.87. The highest BCUT2D eigenvalue weighted by molar-refractivity contribution is 5.42. The molecule has 0 atom stereocenters. The number of rotatable bonds is 8. The third-order valence-electron chi connectivity index (χ3n) is 3.57. The van der Waals surface area contributed by atoms with Crippen LogP contribution in [0.3, 0.4) is 0 Å². The summed E-state index contributed by atoms with van der Waals surface area (Å²) in [6, 6.07) is 6.09. The summed E-state index contributed by atoms with van der Waals surface area (Å²) in [6.45, 7) is 9.30. The van der Waals surface area contributed by atoms with Gasteiger partial charge in [-0.2, -0.15) is 0 Å². The molecule has 5 heteroatoms. The average molecular weight is 294 g/mol. The van der Waals surface area contributed by atoms with Gasteiger partial charge in [0.1, 0.15) is 0 Å². The van der Waals surface area contributed by atoms with E-state index in [4.69, 9.17) is 14.2 Å². The van der Waals surface area contributed by atoms with Crippen LogP contribution in [0.25, 0.3) is 0 Å². The van der Waals surface area contributed by atoms with E-state index in [0.717, 1.165) is 57.4 Å². The monoisotopic (exact) mass is 294 g/mol. The van der Waals surface area contributed by atoms with Gasteiger partial charge in [0.25, 0.3) is 0 Å². The number of hydrogen-bond acceptors (Lipinski definition) is 5. The molecule has 21 heavy (non-hydrogen) atoms. The number of morpholine rings is 1. The molecule has 0 spiro atoms. The molecule has 1 aliphatic heterocycles. The predicted molar refractivity (Wildman–Crippen MR) is 83.1 cm³/mol. The molecule has 1 aliphatic rings. The Morgan fingerprint density at radius 2 is 2.05 bits per heavy atom. The first-order valence-electron chi connectivity index (χ1n) is 7.64. The van der Waals surface area contributed by atoms with Gasteiger partial charge in [-0.05, 0) is 24.6 Å². The Hall–Kier alpha value is -1.30. The van der Waals surface area contributed by atoms with Crippen LogP contribution in [-0.2, 0) is 11.3 Å². The minimum atomic E-state index is 0.646. The topological polar surface area (TPSA) is 43.0 Å². The summed E-state index contributed by atoms with van der Waals surface area (Å²) in [4.78, 5) is 2.43. The van der Waals surface area contributed by atoms with Crippen LogP contribution in [0.1, 0.15) is 12.5 Å². The van der Waals surface area contributed by atoms with Crippen molar-refractivity contribution < 1.29 is 14.2 Å². The fourth-order valence-electron chi connectivity index (χ4n) is 2.39. The highest BCUT2D eigenvalue weighted by Crippen LogP contribution is 2.27. The Morgan fingerprint density at radius 1 is 1.24 bits per heavy atom. The van der Waals surface area contributed by atoms with Crippen molar-refractivity contribution in [3.05, 3.63) is 23.8 Å². The van der Waals surface area contributed by atoms with E-state index in [1.54, 1.807) is 7.11 Å². The molecular weight excluding hydrogens is 268 g/mol. The summed E-state index contributed by atoms with van der Waals surface area (Å²) in [6.07, 6.45) is 0. The van der Waals surface area contributed by atoms with Gasteiger partial charge in [-0.1, -0.05) is 6.07 Å². The van der Waals surface area contributed by atoms with E-state index < -0.39 is 0 Å². The molecule has 1 aromatic carbocycles. The van der Waals surface area contributed by atoms with Crippen LogP contribution in [0, 0.1) is 0 Å². The van der Waals surface area contributed by atoms with Gasteiger partial charge in [-0.3, -0.25) is 4.90 Å². The van der Waals surface area contributed by atoms with Crippen molar-refractivity contribution in [2.75, 3.05) is 53.1 Å². The Bertz CT molecular complexity index is 420. The highest BCUT2D eigenvalue weighted by Gasteiger charge is 2.09. The summed E-state index contributed by atoms with van der Waals surface area (Å²) in [5, 5.41) is 3.47.